The zero-order valence-electron chi connectivity index (χ0n) is 9.03. The second kappa shape index (κ2) is 5.41. The van der Waals surface area contributed by atoms with E-state index >= 15 is 0 Å². The van der Waals surface area contributed by atoms with Crippen molar-refractivity contribution in [1.29, 1.82) is 0 Å². The number of nitrogens with two attached hydrogens (primary N) is 1. The largest absolute Gasteiger partial charge is 0.397 e. The molecular formula is C10H15ClN2O2S. The van der Waals surface area contributed by atoms with Gasteiger partial charge in [-0.3, -0.25) is 0 Å². The molecular weight excluding hydrogens is 248 g/mol. The van der Waals surface area contributed by atoms with E-state index in [1.807, 2.05) is 0 Å². The van der Waals surface area contributed by atoms with E-state index in [1.165, 1.54) is 6.26 Å². The lowest BCUT2D eigenvalue weighted by molar-refractivity contribution is 0.600. The van der Waals surface area contributed by atoms with Gasteiger partial charge in [0.05, 0.1) is 17.1 Å². The van der Waals surface area contributed by atoms with E-state index in [-0.39, 0.29) is 5.75 Å². The lowest BCUT2D eigenvalue weighted by atomic mass is 10.2. The number of sulfone groups is 1. The highest BCUT2D eigenvalue weighted by molar-refractivity contribution is 7.90. The molecule has 0 amide bonds. The van der Waals surface area contributed by atoms with Crippen LogP contribution in [0.1, 0.15) is 6.42 Å². The van der Waals surface area contributed by atoms with Gasteiger partial charge in [-0.2, -0.15) is 0 Å². The van der Waals surface area contributed by atoms with Gasteiger partial charge in [-0.15, -0.1) is 0 Å². The minimum Gasteiger partial charge on any atom is -0.397 e. The molecule has 0 aliphatic carbocycles. The summed E-state index contributed by atoms with van der Waals surface area (Å²) in [5.74, 6) is 0.174. The van der Waals surface area contributed by atoms with Crippen LogP contribution in [-0.2, 0) is 9.84 Å². The van der Waals surface area contributed by atoms with Gasteiger partial charge in [0.25, 0.3) is 0 Å². The van der Waals surface area contributed by atoms with Gasteiger partial charge in [-0.25, -0.2) is 8.42 Å². The summed E-state index contributed by atoms with van der Waals surface area (Å²) in [4.78, 5) is 0. The van der Waals surface area contributed by atoms with Gasteiger partial charge >= 0.3 is 0 Å². The maximum absolute atomic E-state index is 10.9. The van der Waals surface area contributed by atoms with Crippen molar-refractivity contribution in [2.24, 2.45) is 0 Å². The Kier molecular flexibility index (Phi) is 4.44. The number of nitrogen functional groups attached to an aromatic ring is 1. The zero-order valence-corrected chi connectivity index (χ0v) is 10.6. The summed E-state index contributed by atoms with van der Waals surface area (Å²) in [7, 11) is -2.89. The Balaban J connectivity index is 2.43. The molecule has 1 aromatic carbocycles. The predicted molar refractivity (Wildman–Crippen MR) is 68.7 cm³/mol. The molecule has 0 aliphatic heterocycles. The fourth-order valence-electron chi connectivity index (χ4n) is 1.25. The lowest BCUT2D eigenvalue weighted by Gasteiger charge is -2.08. The summed E-state index contributed by atoms with van der Waals surface area (Å²) in [6, 6.07) is 5.16. The van der Waals surface area contributed by atoms with E-state index in [4.69, 9.17) is 17.3 Å². The highest BCUT2D eigenvalue weighted by atomic mass is 35.5. The number of nitrogens with one attached hydrogen (secondary N) is 1. The van der Waals surface area contributed by atoms with Gasteiger partial charge in [0.1, 0.15) is 9.84 Å². The molecule has 4 nitrogen and oxygen atoms in total. The summed E-state index contributed by atoms with van der Waals surface area (Å²) in [6.07, 6.45) is 1.78. The smallest absolute Gasteiger partial charge is 0.147 e. The molecule has 1 rings (SSSR count). The molecule has 0 atom stereocenters. The van der Waals surface area contributed by atoms with Crippen LogP contribution in [0.4, 0.5) is 11.4 Å². The quantitative estimate of drug-likeness (QED) is 0.627. The van der Waals surface area contributed by atoms with Crippen LogP contribution in [0, 0.1) is 0 Å². The minimum atomic E-state index is -2.89. The molecule has 0 spiro atoms. The first kappa shape index (κ1) is 13.1. The van der Waals surface area contributed by atoms with E-state index < -0.39 is 9.84 Å². The summed E-state index contributed by atoms with van der Waals surface area (Å²) in [5.41, 5.74) is 7.06. The molecule has 0 fully saturated rings. The fourth-order valence-corrected chi connectivity index (χ4v) is 2.10. The highest BCUT2D eigenvalue weighted by Crippen LogP contribution is 2.22. The Morgan fingerprint density at radius 3 is 2.69 bits per heavy atom. The summed E-state index contributed by atoms with van der Waals surface area (Å²) >= 11 is 5.75. The van der Waals surface area contributed by atoms with Gasteiger partial charge in [-0.1, -0.05) is 11.6 Å². The van der Waals surface area contributed by atoms with Crippen molar-refractivity contribution in [2.45, 2.75) is 6.42 Å². The van der Waals surface area contributed by atoms with Gasteiger partial charge in [-0.05, 0) is 24.6 Å². The third-order valence-corrected chi connectivity index (χ3v) is 3.29. The van der Waals surface area contributed by atoms with Crippen LogP contribution in [0.15, 0.2) is 18.2 Å². The molecule has 0 bridgehead atoms. The average molecular weight is 263 g/mol. The number of halogens is 1. The van der Waals surface area contributed by atoms with Crippen molar-refractivity contribution in [1.82, 2.24) is 0 Å². The van der Waals surface area contributed by atoms with Gasteiger partial charge in [0.2, 0.25) is 0 Å². The molecule has 90 valence electrons. The van der Waals surface area contributed by atoms with Crippen LogP contribution in [0.25, 0.3) is 0 Å². The summed E-state index contributed by atoms with van der Waals surface area (Å²) < 4.78 is 21.8. The molecule has 6 heteroatoms. The predicted octanol–water partition coefficient (Wildman–Crippen LogP) is 1.77. The van der Waals surface area contributed by atoms with E-state index in [0.29, 0.717) is 23.7 Å². The minimum absolute atomic E-state index is 0.174. The Hall–Kier alpha value is -0.940. The monoisotopic (exact) mass is 262 g/mol. The number of benzene rings is 1. The fraction of sp³-hybridized carbons (Fsp3) is 0.400. The Labute approximate surface area is 101 Å². The Bertz CT molecular complexity index is 460. The third kappa shape index (κ3) is 4.72. The molecule has 0 unspecified atom stereocenters. The van der Waals surface area contributed by atoms with Crippen LogP contribution < -0.4 is 11.1 Å². The van der Waals surface area contributed by atoms with Gasteiger partial charge < -0.3 is 11.1 Å². The normalized spacial score (nSPS) is 11.4. The summed E-state index contributed by atoms with van der Waals surface area (Å²) in [6.45, 7) is 0.568. The maximum Gasteiger partial charge on any atom is 0.147 e. The van der Waals surface area contributed by atoms with E-state index in [1.54, 1.807) is 18.2 Å². The molecule has 0 radical (unpaired) electrons. The number of hydrogen-bond acceptors (Lipinski definition) is 4. The van der Waals surface area contributed by atoms with Crippen molar-refractivity contribution in [2.75, 3.05) is 29.6 Å². The number of anilines is 2. The molecule has 3 N–H and O–H groups in total. The van der Waals surface area contributed by atoms with Crippen molar-refractivity contribution >= 4 is 32.8 Å². The summed E-state index contributed by atoms with van der Waals surface area (Å²) in [5, 5.41) is 3.65. The van der Waals surface area contributed by atoms with Crippen LogP contribution in [0.3, 0.4) is 0 Å². The van der Waals surface area contributed by atoms with Gasteiger partial charge in [0, 0.05) is 17.8 Å². The molecule has 0 heterocycles. The Morgan fingerprint density at radius 2 is 2.12 bits per heavy atom. The molecule has 0 saturated carbocycles. The van der Waals surface area contributed by atoms with E-state index in [9.17, 15) is 8.42 Å². The van der Waals surface area contributed by atoms with Crippen LogP contribution in [0.2, 0.25) is 5.02 Å². The van der Waals surface area contributed by atoms with E-state index in [0.717, 1.165) is 5.69 Å². The highest BCUT2D eigenvalue weighted by Gasteiger charge is 2.02. The number of rotatable bonds is 5. The first-order chi connectivity index (χ1) is 7.38. The average Bonchev–Trinajstić information content (AvgIpc) is 2.13. The van der Waals surface area contributed by atoms with E-state index in [2.05, 4.69) is 5.32 Å². The number of hydrogen-bond donors (Lipinski definition) is 2. The van der Waals surface area contributed by atoms with Crippen LogP contribution in [0.5, 0.6) is 0 Å². The van der Waals surface area contributed by atoms with Crippen molar-refractivity contribution in [3.05, 3.63) is 23.2 Å². The molecule has 0 aliphatic rings. The topological polar surface area (TPSA) is 72.2 Å². The maximum atomic E-state index is 10.9. The van der Waals surface area contributed by atoms with Gasteiger partial charge in [0.15, 0.2) is 0 Å². The van der Waals surface area contributed by atoms with Crippen LogP contribution >= 0.6 is 11.6 Å². The van der Waals surface area contributed by atoms with Crippen LogP contribution in [-0.4, -0.2) is 27.0 Å². The zero-order chi connectivity index (χ0) is 12.2. The van der Waals surface area contributed by atoms with Crippen molar-refractivity contribution in [3.63, 3.8) is 0 Å². The SMILES string of the molecule is CS(=O)(=O)CCCNc1ccc(Cl)cc1N. The second-order valence-corrected chi connectivity index (χ2v) is 6.34. The van der Waals surface area contributed by atoms with Crippen molar-refractivity contribution < 1.29 is 8.42 Å². The molecule has 1 aromatic rings. The van der Waals surface area contributed by atoms with Crippen molar-refractivity contribution in [3.8, 4) is 0 Å². The Morgan fingerprint density at radius 1 is 1.44 bits per heavy atom. The third-order valence-electron chi connectivity index (χ3n) is 2.02. The standard InChI is InChI=1S/C10H15ClN2O2S/c1-16(14,15)6-2-5-13-10-4-3-8(11)7-9(10)12/h3-4,7,13H,2,5-6,12H2,1H3. The first-order valence-corrected chi connectivity index (χ1v) is 7.29. The molecule has 16 heavy (non-hydrogen) atoms. The second-order valence-electron chi connectivity index (χ2n) is 3.64. The first-order valence-electron chi connectivity index (χ1n) is 4.85. The molecule has 0 saturated heterocycles. The molecule has 0 aromatic heterocycles. The lowest BCUT2D eigenvalue weighted by Crippen LogP contribution is -2.10.